The Hall–Kier alpha value is -1.59. The summed E-state index contributed by atoms with van der Waals surface area (Å²) in [5, 5.41) is 2.49. The molecule has 0 saturated heterocycles. The van der Waals surface area contributed by atoms with Crippen molar-refractivity contribution < 1.29 is 0 Å². The first-order valence-corrected chi connectivity index (χ1v) is 5.84. The van der Waals surface area contributed by atoms with Crippen molar-refractivity contribution in [3.8, 4) is 11.1 Å². The molecule has 2 aromatic carbocycles. The Morgan fingerprint density at radius 3 is 2.69 bits per heavy atom. The van der Waals surface area contributed by atoms with E-state index in [1.807, 2.05) is 6.20 Å². The van der Waals surface area contributed by atoms with Crippen LogP contribution in [-0.4, -0.2) is 4.98 Å². The lowest BCUT2D eigenvalue weighted by molar-refractivity contribution is 1.48. The lowest BCUT2D eigenvalue weighted by Gasteiger charge is -2.04. The van der Waals surface area contributed by atoms with E-state index in [4.69, 9.17) is 0 Å². The summed E-state index contributed by atoms with van der Waals surface area (Å²) in [6.07, 6.45) is 1.98. The second kappa shape index (κ2) is 3.77. The summed E-state index contributed by atoms with van der Waals surface area (Å²) >= 11 is 0. The van der Waals surface area contributed by atoms with Crippen molar-refractivity contribution in [3.05, 3.63) is 54.7 Å². The van der Waals surface area contributed by atoms with Gasteiger partial charge < -0.3 is 4.98 Å². The summed E-state index contributed by atoms with van der Waals surface area (Å²) < 4.78 is 0. The number of hydrogen-bond acceptors (Lipinski definition) is 0. The topological polar surface area (TPSA) is 15.8 Å². The van der Waals surface area contributed by atoms with E-state index < -0.39 is 0 Å². The van der Waals surface area contributed by atoms with Crippen LogP contribution in [0.2, 0.25) is 0 Å². The summed E-state index contributed by atoms with van der Waals surface area (Å²) in [6, 6.07) is 17.0. The molecule has 0 aliphatic carbocycles. The van der Waals surface area contributed by atoms with Crippen LogP contribution in [0.25, 0.3) is 22.0 Å². The van der Waals surface area contributed by atoms with Gasteiger partial charge >= 0.3 is 0 Å². The van der Waals surface area contributed by atoms with Gasteiger partial charge in [0, 0.05) is 17.1 Å². The van der Waals surface area contributed by atoms with Gasteiger partial charge in [-0.1, -0.05) is 30.3 Å². The highest BCUT2D eigenvalue weighted by molar-refractivity contribution is 7.27. The Bertz CT molecular complexity index is 640. The summed E-state index contributed by atoms with van der Waals surface area (Å²) in [7, 11) is 2.74. The van der Waals surface area contributed by atoms with Gasteiger partial charge in [0.25, 0.3) is 0 Å². The highest BCUT2D eigenvalue weighted by Crippen LogP contribution is 2.27. The standard InChI is InChI=1S/C14H12NP/c16-11-4-1-3-10(9-11)12-5-2-6-14-13(12)7-8-15-14/h1-9,15H,16H2. The SMILES string of the molecule is Pc1cccc(-c2cccc3[nH]ccc23)c1. The average molecular weight is 225 g/mol. The van der Waals surface area contributed by atoms with E-state index in [-0.39, 0.29) is 0 Å². The first-order chi connectivity index (χ1) is 7.84. The molecular weight excluding hydrogens is 213 g/mol. The number of rotatable bonds is 1. The molecule has 1 aromatic heterocycles. The zero-order chi connectivity index (χ0) is 11.0. The molecule has 1 atom stereocenters. The predicted molar refractivity (Wildman–Crippen MR) is 73.1 cm³/mol. The largest absolute Gasteiger partial charge is 0.361 e. The van der Waals surface area contributed by atoms with E-state index in [0.717, 1.165) is 0 Å². The first kappa shape index (κ1) is 9.62. The van der Waals surface area contributed by atoms with Gasteiger partial charge in [0.05, 0.1) is 0 Å². The molecule has 0 amide bonds. The number of fused-ring (bicyclic) bond motifs is 1. The normalized spacial score (nSPS) is 10.8. The lowest BCUT2D eigenvalue weighted by atomic mass is 10.0. The third-order valence-corrected chi connectivity index (χ3v) is 3.15. The summed E-state index contributed by atoms with van der Waals surface area (Å²) in [5.74, 6) is 0. The molecule has 0 fully saturated rings. The fraction of sp³-hybridized carbons (Fsp3) is 0. The zero-order valence-corrected chi connectivity index (χ0v) is 9.93. The maximum Gasteiger partial charge on any atom is 0.0460 e. The third-order valence-electron chi connectivity index (χ3n) is 2.79. The van der Waals surface area contributed by atoms with Gasteiger partial charge in [0.2, 0.25) is 0 Å². The quantitative estimate of drug-likeness (QED) is 0.611. The number of H-pyrrole nitrogens is 1. The van der Waals surface area contributed by atoms with Crippen LogP contribution in [0.5, 0.6) is 0 Å². The number of benzene rings is 2. The second-order valence-electron chi connectivity index (χ2n) is 3.87. The number of aromatic amines is 1. The van der Waals surface area contributed by atoms with E-state index in [9.17, 15) is 0 Å². The van der Waals surface area contributed by atoms with Crippen molar-refractivity contribution in [1.82, 2.24) is 4.98 Å². The van der Waals surface area contributed by atoms with Gasteiger partial charge in [-0.05, 0) is 34.6 Å². The Labute approximate surface area is 96.7 Å². The molecule has 16 heavy (non-hydrogen) atoms. The van der Waals surface area contributed by atoms with Crippen LogP contribution in [0.15, 0.2) is 54.7 Å². The summed E-state index contributed by atoms with van der Waals surface area (Å²) in [6.45, 7) is 0. The minimum Gasteiger partial charge on any atom is -0.361 e. The Kier molecular flexibility index (Phi) is 2.27. The lowest BCUT2D eigenvalue weighted by Crippen LogP contribution is -1.89. The minimum atomic E-state index is 1.19. The molecule has 0 aliphatic rings. The van der Waals surface area contributed by atoms with Crippen LogP contribution in [0.3, 0.4) is 0 Å². The third kappa shape index (κ3) is 1.54. The maximum absolute atomic E-state index is 3.24. The van der Waals surface area contributed by atoms with Crippen molar-refractivity contribution in [2.75, 3.05) is 0 Å². The zero-order valence-electron chi connectivity index (χ0n) is 8.77. The van der Waals surface area contributed by atoms with Crippen molar-refractivity contribution >= 4 is 25.4 Å². The smallest absolute Gasteiger partial charge is 0.0460 e. The van der Waals surface area contributed by atoms with Crippen LogP contribution >= 0.6 is 9.24 Å². The van der Waals surface area contributed by atoms with Gasteiger partial charge in [-0.2, -0.15) is 0 Å². The van der Waals surface area contributed by atoms with E-state index in [0.29, 0.717) is 0 Å². The number of hydrogen-bond donors (Lipinski definition) is 1. The second-order valence-corrected chi connectivity index (χ2v) is 4.54. The van der Waals surface area contributed by atoms with Gasteiger partial charge in [-0.3, -0.25) is 0 Å². The maximum atomic E-state index is 3.24. The van der Waals surface area contributed by atoms with Crippen LogP contribution in [0, 0.1) is 0 Å². The molecule has 1 heterocycles. The van der Waals surface area contributed by atoms with Crippen LogP contribution in [0.1, 0.15) is 0 Å². The number of nitrogens with one attached hydrogen (secondary N) is 1. The monoisotopic (exact) mass is 225 g/mol. The highest BCUT2D eigenvalue weighted by atomic mass is 31.0. The molecule has 78 valence electrons. The molecule has 0 saturated carbocycles. The molecule has 0 radical (unpaired) electrons. The van der Waals surface area contributed by atoms with Crippen LogP contribution in [-0.2, 0) is 0 Å². The molecular formula is C14H12NP. The Morgan fingerprint density at radius 2 is 1.81 bits per heavy atom. The van der Waals surface area contributed by atoms with Crippen molar-refractivity contribution in [2.24, 2.45) is 0 Å². The van der Waals surface area contributed by atoms with Crippen molar-refractivity contribution in [3.63, 3.8) is 0 Å². The molecule has 3 aromatic rings. The van der Waals surface area contributed by atoms with Crippen molar-refractivity contribution in [1.29, 1.82) is 0 Å². The molecule has 0 spiro atoms. The summed E-state index contributed by atoms with van der Waals surface area (Å²) in [5.41, 5.74) is 3.73. The minimum absolute atomic E-state index is 1.19. The van der Waals surface area contributed by atoms with Gasteiger partial charge in [-0.25, -0.2) is 0 Å². The molecule has 3 rings (SSSR count). The molecule has 1 unspecified atom stereocenters. The number of aromatic nitrogens is 1. The van der Waals surface area contributed by atoms with E-state index in [1.54, 1.807) is 0 Å². The molecule has 2 heteroatoms. The highest BCUT2D eigenvalue weighted by Gasteiger charge is 2.03. The predicted octanol–water partition coefficient (Wildman–Crippen LogP) is 3.34. The van der Waals surface area contributed by atoms with Gasteiger partial charge in [0.15, 0.2) is 0 Å². The fourth-order valence-electron chi connectivity index (χ4n) is 2.04. The molecule has 1 N–H and O–H groups in total. The average Bonchev–Trinajstić information content (AvgIpc) is 2.76. The van der Waals surface area contributed by atoms with Crippen LogP contribution < -0.4 is 5.30 Å². The molecule has 1 nitrogen and oxygen atoms in total. The summed E-state index contributed by atoms with van der Waals surface area (Å²) in [4.78, 5) is 3.24. The fourth-order valence-corrected chi connectivity index (χ4v) is 2.33. The Balaban J connectivity index is 2.29. The van der Waals surface area contributed by atoms with Gasteiger partial charge in [0.1, 0.15) is 0 Å². The molecule has 0 bridgehead atoms. The van der Waals surface area contributed by atoms with E-state index >= 15 is 0 Å². The van der Waals surface area contributed by atoms with E-state index in [2.05, 4.69) is 62.8 Å². The first-order valence-electron chi connectivity index (χ1n) is 5.26. The Morgan fingerprint density at radius 1 is 0.938 bits per heavy atom. The van der Waals surface area contributed by atoms with Gasteiger partial charge in [-0.15, -0.1) is 9.24 Å². The van der Waals surface area contributed by atoms with Crippen LogP contribution in [0.4, 0.5) is 0 Å². The molecule has 0 aliphatic heterocycles. The van der Waals surface area contributed by atoms with E-state index in [1.165, 1.54) is 27.3 Å². The van der Waals surface area contributed by atoms with Crippen molar-refractivity contribution in [2.45, 2.75) is 0 Å².